The molecule has 70 valence electrons. The highest BCUT2D eigenvalue weighted by molar-refractivity contribution is 7.16. The highest BCUT2D eigenvalue weighted by Gasteiger charge is 2.27. The van der Waals surface area contributed by atoms with Crippen molar-refractivity contribution in [1.82, 2.24) is 5.32 Å². The molecule has 1 aliphatic rings. The van der Waals surface area contributed by atoms with Crippen LogP contribution in [0.3, 0.4) is 0 Å². The van der Waals surface area contributed by atoms with E-state index in [-0.39, 0.29) is 0 Å². The van der Waals surface area contributed by atoms with Crippen LogP contribution in [0, 0.1) is 0 Å². The van der Waals surface area contributed by atoms with Crippen molar-refractivity contribution in [1.29, 1.82) is 0 Å². The molecule has 13 heavy (non-hydrogen) atoms. The zero-order valence-electron chi connectivity index (χ0n) is 6.71. The van der Waals surface area contributed by atoms with Gasteiger partial charge in [-0.3, -0.25) is 4.79 Å². The van der Waals surface area contributed by atoms with Crippen molar-refractivity contribution in [3.8, 4) is 0 Å². The largest absolute Gasteiger partial charge is 0.480 e. The monoisotopic (exact) mass is 217 g/mol. The predicted octanol–water partition coefficient (Wildman–Crippen LogP) is 1.67. The third kappa shape index (κ3) is 1.57. The van der Waals surface area contributed by atoms with Gasteiger partial charge in [-0.2, -0.15) is 0 Å². The molecule has 0 amide bonds. The van der Waals surface area contributed by atoms with E-state index in [4.69, 9.17) is 16.7 Å². The van der Waals surface area contributed by atoms with Gasteiger partial charge in [0.15, 0.2) is 0 Å². The second-order valence-corrected chi connectivity index (χ2v) is 4.67. The molecule has 0 radical (unpaired) electrons. The molecule has 1 aromatic heterocycles. The number of carboxylic acid groups (broad SMARTS) is 1. The van der Waals surface area contributed by atoms with Crippen LogP contribution < -0.4 is 5.32 Å². The molecule has 5 heteroatoms. The minimum Gasteiger partial charge on any atom is -0.480 e. The van der Waals surface area contributed by atoms with E-state index in [9.17, 15) is 4.79 Å². The van der Waals surface area contributed by atoms with Crippen molar-refractivity contribution in [2.45, 2.75) is 12.5 Å². The molecular formula is C8H8ClNO2S. The van der Waals surface area contributed by atoms with Crippen LogP contribution in [0.15, 0.2) is 6.07 Å². The van der Waals surface area contributed by atoms with Gasteiger partial charge in [0.25, 0.3) is 0 Å². The van der Waals surface area contributed by atoms with Gasteiger partial charge in [0, 0.05) is 11.4 Å². The fourth-order valence-corrected chi connectivity index (χ4v) is 2.83. The van der Waals surface area contributed by atoms with Gasteiger partial charge in [0.2, 0.25) is 0 Å². The van der Waals surface area contributed by atoms with E-state index >= 15 is 0 Å². The van der Waals surface area contributed by atoms with Gasteiger partial charge in [0.1, 0.15) is 6.04 Å². The zero-order valence-corrected chi connectivity index (χ0v) is 8.28. The molecule has 1 aliphatic heterocycles. The Morgan fingerprint density at radius 1 is 1.77 bits per heavy atom. The summed E-state index contributed by atoms with van der Waals surface area (Å²) in [4.78, 5) is 11.9. The zero-order chi connectivity index (χ0) is 9.42. The van der Waals surface area contributed by atoms with Crippen LogP contribution in [-0.2, 0) is 11.2 Å². The Morgan fingerprint density at radius 3 is 3.23 bits per heavy atom. The molecule has 0 bridgehead atoms. The molecule has 0 saturated heterocycles. The van der Waals surface area contributed by atoms with Crippen molar-refractivity contribution in [2.24, 2.45) is 0 Å². The molecular weight excluding hydrogens is 210 g/mol. The summed E-state index contributed by atoms with van der Waals surface area (Å²) in [6.07, 6.45) is 0.872. The van der Waals surface area contributed by atoms with E-state index in [0.29, 0.717) is 10.9 Å². The lowest BCUT2D eigenvalue weighted by atomic mass is 10.0. The standard InChI is InChI=1S/C8H8ClNO2S/c9-6-3-4-5(13-6)1-2-10-7(4)8(11)12/h3,7,10H,1-2H2,(H,11,12). The number of thiophene rings is 1. The molecule has 0 aromatic carbocycles. The first-order valence-corrected chi connectivity index (χ1v) is 5.12. The SMILES string of the molecule is O=C(O)C1NCCc2sc(Cl)cc21. The quantitative estimate of drug-likeness (QED) is 0.753. The summed E-state index contributed by atoms with van der Waals surface area (Å²) in [5, 5.41) is 11.8. The third-order valence-electron chi connectivity index (χ3n) is 2.07. The minimum absolute atomic E-state index is 0.576. The molecule has 0 spiro atoms. The molecule has 1 aromatic rings. The lowest BCUT2D eigenvalue weighted by Crippen LogP contribution is -2.33. The van der Waals surface area contributed by atoms with E-state index < -0.39 is 12.0 Å². The molecule has 1 unspecified atom stereocenters. The Kier molecular flexibility index (Phi) is 2.27. The highest BCUT2D eigenvalue weighted by Crippen LogP contribution is 2.33. The summed E-state index contributed by atoms with van der Waals surface area (Å²) in [5.41, 5.74) is 0.828. The Balaban J connectivity index is 2.41. The minimum atomic E-state index is -0.838. The van der Waals surface area contributed by atoms with Crippen molar-refractivity contribution in [3.05, 3.63) is 20.8 Å². The average molecular weight is 218 g/mol. The summed E-state index contributed by atoms with van der Waals surface area (Å²) in [7, 11) is 0. The summed E-state index contributed by atoms with van der Waals surface area (Å²) < 4.78 is 0.667. The molecule has 0 aliphatic carbocycles. The maximum absolute atomic E-state index is 10.8. The van der Waals surface area contributed by atoms with Crippen molar-refractivity contribution < 1.29 is 9.90 Å². The smallest absolute Gasteiger partial charge is 0.325 e. The van der Waals surface area contributed by atoms with Crippen LogP contribution in [0.2, 0.25) is 4.34 Å². The molecule has 2 heterocycles. The number of carbonyl (C=O) groups is 1. The van der Waals surface area contributed by atoms with Gasteiger partial charge in [-0.1, -0.05) is 11.6 Å². The molecule has 2 N–H and O–H groups in total. The summed E-state index contributed by atoms with van der Waals surface area (Å²) >= 11 is 7.29. The Hall–Kier alpha value is -0.580. The normalized spacial score (nSPS) is 21.2. The topological polar surface area (TPSA) is 49.3 Å². The lowest BCUT2D eigenvalue weighted by Gasteiger charge is -2.19. The Morgan fingerprint density at radius 2 is 2.54 bits per heavy atom. The van der Waals surface area contributed by atoms with Gasteiger partial charge >= 0.3 is 5.97 Å². The highest BCUT2D eigenvalue weighted by atomic mass is 35.5. The lowest BCUT2D eigenvalue weighted by molar-refractivity contribution is -0.139. The van der Waals surface area contributed by atoms with Gasteiger partial charge in [-0.05, 0) is 18.1 Å². The van der Waals surface area contributed by atoms with Gasteiger partial charge in [0.05, 0.1) is 4.34 Å². The molecule has 3 nitrogen and oxygen atoms in total. The molecule has 2 rings (SSSR count). The summed E-state index contributed by atoms with van der Waals surface area (Å²) in [6, 6.07) is 1.17. The first-order valence-electron chi connectivity index (χ1n) is 3.93. The maximum Gasteiger partial charge on any atom is 0.325 e. The van der Waals surface area contributed by atoms with E-state index in [1.807, 2.05) is 0 Å². The van der Waals surface area contributed by atoms with Gasteiger partial charge < -0.3 is 10.4 Å². The van der Waals surface area contributed by atoms with Crippen LogP contribution in [0.25, 0.3) is 0 Å². The van der Waals surface area contributed by atoms with E-state index in [1.54, 1.807) is 6.07 Å². The van der Waals surface area contributed by atoms with Crippen molar-refractivity contribution in [2.75, 3.05) is 6.54 Å². The predicted molar refractivity (Wildman–Crippen MR) is 51.4 cm³/mol. The van der Waals surface area contributed by atoms with E-state index in [2.05, 4.69) is 5.32 Å². The van der Waals surface area contributed by atoms with Crippen LogP contribution in [0.4, 0.5) is 0 Å². The van der Waals surface area contributed by atoms with Crippen molar-refractivity contribution in [3.63, 3.8) is 0 Å². The fourth-order valence-electron chi connectivity index (χ4n) is 1.51. The van der Waals surface area contributed by atoms with Gasteiger partial charge in [-0.25, -0.2) is 0 Å². The van der Waals surface area contributed by atoms with E-state index in [0.717, 1.165) is 16.9 Å². The van der Waals surface area contributed by atoms with Crippen LogP contribution in [-0.4, -0.2) is 17.6 Å². The second kappa shape index (κ2) is 3.29. The number of halogens is 1. The van der Waals surface area contributed by atoms with E-state index in [1.165, 1.54) is 11.3 Å². The first-order chi connectivity index (χ1) is 6.18. The number of hydrogen-bond acceptors (Lipinski definition) is 3. The third-order valence-corrected chi connectivity index (χ3v) is 3.41. The maximum atomic E-state index is 10.8. The van der Waals surface area contributed by atoms with Crippen LogP contribution in [0.1, 0.15) is 16.5 Å². The first kappa shape index (κ1) is 8.99. The number of nitrogens with one attached hydrogen (secondary N) is 1. The molecule has 0 saturated carbocycles. The van der Waals surface area contributed by atoms with Crippen molar-refractivity contribution >= 4 is 28.9 Å². The fraction of sp³-hybridized carbons (Fsp3) is 0.375. The van der Waals surface area contributed by atoms with Gasteiger partial charge in [-0.15, -0.1) is 11.3 Å². The molecule has 0 fully saturated rings. The summed E-state index contributed by atoms with van der Waals surface area (Å²) in [6.45, 7) is 0.709. The van der Waals surface area contributed by atoms with Crippen LogP contribution >= 0.6 is 22.9 Å². The second-order valence-electron chi connectivity index (χ2n) is 2.90. The number of hydrogen-bond donors (Lipinski definition) is 2. The number of rotatable bonds is 1. The number of aliphatic carboxylic acids is 1. The Bertz CT molecular complexity index is 350. The number of carboxylic acids is 1. The Labute approximate surface area is 84.3 Å². The number of fused-ring (bicyclic) bond motifs is 1. The summed E-state index contributed by atoms with van der Waals surface area (Å²) in [5.74, 6) is -0.838. The average Bonchev–Trinajstić information content (AvgIpc) is 2.43. The van der Waals surface area contributed by atoms with Crippen LogP contribution in [0.5, 0.6) is 0 Å². The molecule has 1 atom stereocenters.